The zero-order valence-electron chi connectivity index (χ0n) is 20.1. The Bertz CT molecular complexity index is 679. The first-order chi connectivity index (χ1) is 15.9. The van der Waals surface area contributed by atoms with Crippen molar-refractivity contribution < 1.29 is 58.1 Å². The Labute approximate surface area is 198 Å². The number of rotatable bonds is 6. The van der Waals surface area contributed by atoms with Gasteiger partial charge in [0.2, 0.25) is 0 Å². The molecule has 3 aliphatic heterocycles. The van der Waals surface area contributed by atoms with Crippen LogP contribution < -0.4 is 0 Å². The first-order valence-corrected chi connectivity index (χ1v) is 11.6. The molecule has 0 spiro atoms. The number of hydrogen-bond donors (Lipinski definition) is 3. The lowest BCUT2D eigenvalue weighted by Crippen LogP contribution is -2.56. The van der Waals surface area contributed by atoms with Crippen LogP contribution in [0.15, 0.2) is 0 Å². The summed E-state index contributed by atoms with van der Waals surface area (Å²) in [6.07, 6.45) is -9.30. The van der Waals surface area contributed by atoms with Crippen LogP contribution >= 0.6 is 0 Å². The highest BCUT2D eigenvalue weighted by Crippen LogP contribution is 2.32. The Balaban J connectivity index is 1.59. The summed E-state index contributed by atoms with van der Waals surface area (Å²) in [6, 6.07) is 0. The highest BCUT2D eigenvalue weighted by atomic mass is 16.7. The molecule has 12 atom stereocenters. The minimum atomic E-state index is -1.06. The van der Waals surface area contributed by atoms with E-state index >= 15 is 0 Å². The van der Waals surface area contributed by atoms with Crippen LogP contribution in [0.5, 0.6) is 0 Å². The lowest BCUT2D eigenvalue weighted by atomic mass is 9.99. The van der Waals surface area contributed by atoms with E-state index in [-0.39, 0.29) is 19.3 Å². The van der Waals surface area contributed by atoms with Gasteiger partial charge < -0.3 is 48.5 Å². The molecular weight excluding hydrogens is 456 g/mol. The Kier molecular flexibility index (Phi) is 9.26. The fourth-order valence-corrected chi connectivity index (χ4v) is 4.67. The van der Waals surface area contributed by atoms with Crippen molar-refractivity contribution in [2.75, 3.05) is 0 Å². The summed E-state index contributed by atoms with van der Waals surface area (Å²) < 4.78 is 39.5. The van der Waals surface area contributed by atoms with E-state index in [0.717, 1.165) is 0 Å². The van der Waals surface area contributed by atoms with Crippen molar-refractivity contribution in [1.82, 2.24) is 0 Å². The number of aliphatic hydroxyl groups excluding tert-OH is 3. The van der Waals surface area contributed by atoms with Crippen LogP contribution in [-0.4, -0.2) is 101 Å². The van der Waals surface area contributed by atoms with Crippen LogP contribution in [0.2, 0.25) is 0 Å². The van der Waals surface area contributed by atoms with Crippen molar-refractivity contribution >= 4 is 11.9 Å². The molecule has 1 unspecified atom stereocenters. The molecule has 0 aromatic heterocycles. The van der Waals surface area contributed by atoms with Gasteiger partial charge in [-0.1, -0.05) is 0 Å². The Hall–Kier alpha value is -1.38. The van der Waals surface area contributed by atoms with Gasteiger partial charge in [0.15, 0.2) is 25.0 Å². The predicted octanol–water partition coefficient (Wildman–Crippen LogP) is -0.261. The molecule has 3 fully saturated rings. The number of carbonyl (C=O) groups excluding carboxylic acids is 2. The second-order valence-electron chi connectivity index (χ2n) is 9.10. The molecule has 12 nitrogen and oxygen atoms in total. The molecule has 34 heavy (non-hydrogen) atoms. The van der Waals surface area contributed by atoms with E-state index in [1.807, 2.05) is 0 Å². The van der Waals surface area contributed by atoms with Crippen molar-refractivity contribution in [3.63, 3.8) is 0 Å². The molecule has 196 valence electrons. The minimum Gasteiger partial charge on any atom is -0.458 e. The standard InChI is InChI=1S/C22H36O12/c1-9-20(14(25)6-17(27)28-9)33-18-7-15(26)21(10(2)29-18)34-19-8-16(31-12(4)23)22(11(3)30-19)32-13(5)24/h9-11,14-22,25-27H,6-8H2,1-5H3/t9-,10-,11-,14+,15+,16+,17?,18+,19+,20-,21-,22-/m1/s1. The maximum atomic E-state index is 11.6. The van der Waals surface area contributed by atoms with Gasteiger partial charge in [0.05, 0.1) is 30.5 Å². The van der Waals surface area contributed by atoms with Crippen molar-refractivity contribution in [3.8, 4) is 0 Å². The van der Waals surface area contributed by atoms with Crippen LogP contribution in [-0.2, 0) is 42.7 Å². The average Bonchev–Trinajstić information content (AvgIpc) is 2.69. The molecule has 0 amide bonds. The van der Waals surface area contributed by atoms with Crippen LogP contribution in [0, 0.1) is 0 Å². The van der Waals surface area contributed by atoms with Gasteiger partial charge in [-0.2, -0.15) is 0 Å². The maximum Gasteiger partial charge on any atom is 0.303 e. The second kappa shape index (κ2) is 11.6. The first kappa shape index (κ1) is 27.2. The molecule has 0 bridgehead atoms. The third-order valence-corrected chi connectivity index (χ3v) is 6.16. The van der Waals surface area contributed by atoms with E-state index in [0.29, 0.717) is 0 Å². The lowest BCUT2D eigenvalue weighted by Gasteiger charge is -2.44. The third kappa shape index (κ3) is 6.85. The molecule has 0 aromatic rings. The van der Waals surface area contributed by atoms with Crippen LogP contribution in [0.3, 0.4) is 0 Å². The number of aliphatic hydroxyl groups is 3. The van der Waals surface area contributed by atoms with E-state index < -0.39 is 85.7 Å². The molecule has 0 saturated carbocycles. The molecule has 3 N–H and O–H groups in total. The monoisotopic (exact) mass is 492 g/mol. The molecule has 0 aliphatic carbocycles. The molecule has 3 rings (SSSR count). The van der Waals surface area contributed by atoms with Gasteiger partial charge in [0.25, 0.3) is 0 Å². The number of ether oxygens (including phenoxy) is 7. The molecule has 3 heterocycles. The molecular formula is C22H36O12. The Morgan fingerprint density at radius 2 is 1.15 bits per heavy atom. The summed E-state index contributed by atoms with van der Waals surface area (Å²) in [4.78, 5) is 23.0. The van der Waals surface area contributed by atoms with Gasteiger partial charge in [-0.05, 0) is 20.8 Å². The Morgan fingerprint density at radius 1 is 0.676 bits per heavy atom. The maximum absolute atomic E-state index is 11.6. The summed E-state index contributed by atoms with van der Waals surface area (Å²) in [5.41, 5.74) is 0. The summed E-state index contributed by atoms with van der Waals surface area (Å²) in [5.74, 6) is -1.05. The van der Waals surface area contributed by atoms with Gasteiger partial charge in [0.1, 0.15) is 18.3 Å². The van der Waals surface area contributed by atoms with Crippen molar-refractivity contribution in [2.24, 2.45) is 0 Å². The van der Waals surface area contributed by atoms with Crippen molar-refractivity contribution in [2.45, 2.75) is 128 Å². The lowest BCUT2D eigenvalue weighted by molar-refractivity contribution is -0.332. The number of hydrogen-bond acceptors (Lipinski definition) is 12. The summed E-state index contributed by atoms with van der Waals surface area (Å²) in [7, 11) is 0. The third-order valence-electron chi connectivity index (χ3n) is 6.16. The van der Waals surface area contributed by atoms with Gasteiger partial charge in [-0.3, -0.25) is 9.59 Å². The van der Waals surface area contributed by atoms with Gasteiger partial charge in [-0.25, -0.2) is 0 Å². The molecule has 0 radical (unpaired) electrons. The van der Waals surface area contributed by atoms with E-state index in [9.17, 15) is 24.9 Å². The SMILES string of the molecule is CC(=O)O[C@H]1[C@@H](OC(C)=O)C[C@H](O[C@H]2[C@@H](O)C[C@H](O[C@H]3[C@@H](O)CC(O)O[C@@H]3C)O[C@@H]2C)O[C@@H]1C. The fourth-order valence-electron chi connectivity index (χ4n) is 4.67. The quantitative estimate of drug-likeness (QED) is 0.418. The fraction of sp³-hybridized carbons (Fsp3) is 0.909. The number of carbonyl (C=O) groups is 2. The van der Waals surface area contributed by atoms with Crippen LogP contribution in [0.4, 0.5) is 0 Å². The van der Waals surface area contributed by atoms with E-state index in [1.165, 1.54) is 13.8 Å². The summed E-state index contributed by atoms with van der Waals surface area (Å²) in [6.45, 7) is 7.59. The van der Waals surface area contributed by atoms with Crippen molar-refractivity contribution in [1.29, 1.82) is 0 Å². The molecule has 3 saturated heterocycles. The normalized spacial score (nSPS) is 45.4. The molecule has 0 aromatic carbocycles. The highest BCUT2D eigenvalue weighted by molar-refractivity contribution is 5.67. The van der Waals surface area contributed by atoms with Crippen molar-refractivity contribution in [3.05, 3.63) is 0 Å². The van der Waals surface area contributed by atoms with Gasteiger partial charge in [-0.15, -0.1) is 0 Å². The van der Waals surface area contributed by atoms with Crippen LogP contribution in [0.1, 0.15) is 53.9 Å². The molecule has 12 heteroatoms. The zero-order chi connectivity index (χ0) is 25.2. The van der Waals surface area contributed by atoms with E-state index in [2.05, 4.69) is 0 Å². The van der Waals surface area contributed by atoms with Gasteiger partial charge >= 0.3 is 11.9 Å². The predicted molar refractivity (Wildman–Crippen MR) is 112 cm³/mol. The largest absolute Gasteiger partial charge is 0.458 e. The first-order valence-electron chi connectivity index (χ1n) is 11.6. The summed E-state index contributed by atoms with van der Waals surface area (Å²) in [5, 5.41) is 30.6. The topological polar surface area (TPSA) is 159 Å². The summed E-state index contributed by atoms with van der Waals surface area (Å²) >= 11 is 0. The Morgan fingerprint density at radius 3 is 1.65 bits per heavy atom. The number of esters is 2. The molecule has 3 aliphatic rings. The smallest absolute Gasteiger partial charge is 0.303 e. The van der Waals surface area contributed by atoms with Crippen LogP contribution in [0.25, 0.3) is 0 Å². The van der Waals surface area contributed by atoms with E-state index in [1.54, 1.807) is 20.8 Å². The van der Waals surface area contributed by atoms with Gasteiger partial charge in [0, 0.05) is 33.1 Å². The van der Waals surface area contributed by atoms with E-state index in [4.69, 9.17) is 33.2 Å². The second-order valence-corrected chi connectivity index (χ2v) is 9.10. The highest BCUT2D eigenvalue weighted by Gasteiger charge is 2.46. The minimum absolute atomic E-state index is 0.0145. The average molecular weight is 493 g/mol. The zero-order valence-corrected chi connectivity index (χ0v) is 20.1.